The van der Waals surface area contributed by atoms with Crippen LogP contribution in [0, 0.1) is 6.92 Å². The first kappa shape index (κ1) is 21.3. The highest BCUT2D eigenvalue weighted by Gasteiger charge is 2.43. The molecule has 3 nitrogen and oxygen atoms in total. The first-order valence-electron chi connectivity index (χ1n) is 11.4. The maximum atomic E-state index is 5.86. The van der Waals surface area contributed by atoms with E-state index in [2.05, 4.69) is 71.7 Å². The smallest absolute Gasteiger partial charge is 0.256 e. The van der Waals surface area contributed by atoms with Crippen LogP contribution in [0.15, 0.2) is 54.6 Å². The van der Waals surface area contributed by atoms with Gasteiger partial charge in [-0.25, -0.2) is 0 Å². The number of ether oxygens (including phenoxy) is 1. The number of benzene rings is 2. The normalized spacial score (nSPS) is 24.1. The highest BCUT2D eigenvalue weighted by molar-refractivity contribution is 7.80. The minimum atomic E-state index is 0.394. The predicted octanol–water partition coefficient (Wildman–Crippen LogP) is 5.58. The average molecular weight is 423 g/mol. The van der Waals surface area contributed by atoms with Crippen molar-refractivity contribution in [3.05, 3.63) is 71.3 Å². The van der Waals surface area contributed by atoms with Crippen molar-refractivity contribution in [2.75, 3.05) is 19.7 Å². The lowest BCUT2D eigenvalue weighted by Gasteiger charge is -2.44. The average Bonchev–Trinajstić information content (AvgIpc) is 3.15. The van der Waals surface area contributed by atoms with Crippen LogP contribution in [-0.4, -0.2) is 35.3 Å². The molecule has 160 valence electrons. The Morgan fingerprint density at radius 3 is 2.67 bits per heavy atom. The second-order valence-electron chi connectivity index (χ2n) is 8.98. The molecule has 0 atom stereocenters. The Morgan fingerprint density at radius 1 is 1.10 bits per heavy atom. The molecule has 0 amide bonds. The van der Waals surface area contributed by atoms with Crippen LogP contribution in [0.2, 0.25) is 0 Å². The van der Waals surface area contributed by atoms with E-state index in [-0.39, 0.29) is 0 Å². The van der Waals surface area contributed by atoms with Crippen LogP contribution in [0.25, 0.3) is 0 Å². The molecule has 1 saturated carbocycles. The van der Waals surface area contributed by atoms with Gasteiger partial charge in [0, 0.05) is 18.6 Å². The third-order valence-corrected chi connectivity index (χ3v) is 7.30. The lowest BCUT2D eigenvalue weighted by atomic mass is 9.73. The zero-order valence-electron chi connectivity index (χ0n) is 18.1. The van der Waals surface area contributed by atoms with Crippen LogP contribution < -0.4 is 5.32 Å². The van der Waals surface area contributed by atoms with Crippen LogP contribution in [-0.2, 0) is 11.3 Å². The molecular weight excluding hydrogens is 388 g/mol. The molecule has 1 heterocycles. The summed E-state index contributed by atoms with van der Waals surface area (Å²) in [5, 5.41) is 3.75. The Balaban J connectivity index is 1.21. The van der Waals surface area contributed by atoms with Crippen LogP contribution in [0.5, 0.6) is 0 Å². The van der Waals surface area contributed by atoms with Gasteiger partial charge < -0.3 is 10.1 Å². The van der Waals surface area contributed by atoms with E-state index < -0.39 is 0 Å². The number of rotatable bonds is 6. The van der Waals surface area contributed by atoms with Crippen LogP contribution >= 0.6 is 12.2 Å². The summed E-state index contributed by atoms with van der Waals surface area (Å²) in [6.45, 7) is 5.67. The van der Waals surface area contributed by atoms with Crippen LogP contribution in [0.1, 0.15) is 61.1 Å². The van der Waals surface area contributed by atoms with E-state index in [1.54, 1.807) is 0 Å². The highest BCUT2D eigenvalue weighted by atomic mass is 32.1. The second-order valence-corrected chi connectivity index (χ2v) is 9.35. The van der Waals surface area contributed by atoms with Gasteiger partial charge in [-0.15, -0.1) is 0 Å². The summed E-state index contributed by atoms with van der Waals surface area (Å²) < 4.78 is 5.86. The molecule has 2 aromatic rings. The third kappa shape index (κ3) is 5.22. The van der Waals surface area contributed by atoms with E-state index in [9.17, 15) is 0 Å². The summed E-state index contributed by atoms with van der Waals surface area (Å²) in [7, 11) is 0. The molecule has 30 heavy (non-hydrogen) atoms. The standard InChI is InChI=1S/C26H34N2OS/c1-21-7-5-8-22(19-21)20-27-25(30)29-18-17-28-16-6-13-26(28)14-11-24(12-15-26)23-9-3-2-4-10-23/h2-5,7-10,19,24H,6,11-18,20H2,1H3,(H,27,30). The molecule has 2 aromatic carbocycles. The van der Waals surface area contributed by atoms with Gasteiger partial charge in [-0.05, 0) is 81.3 Å². The van der Waals surface area contributed by atoms with Crippen molar-refractivity contribution in [3.63, 3.8) is 0 Å². The molecule has 1 spiro atoms. The van der Waals surface area contributed by atoms with Gasteiger partial charge in [-0.3, -0.25) is 4.90 Å². The number of likely N-dealkylation sites (tertiary alicyclic amines) is 1. The number of nitrogens with one attached hydrogen (secondary N) is 1. The van der Waals surface area contributed by atoms with Gasteiger partial charge in [0.25, 0.3) is 5.17 Å². The van der Waals surface area contributed by atoms with Crippen molar-refractivity contribution >= 4 is 17.4 Å². The van der Waals surface area contributed by atoms with Gasteiger partial charge in [-0.1, -0.05) is 60.2 Å². The van der Waals surface area contributed by atoms with Crippen LogP contribution in [0.4, 0.5) is 0 Å². The van der Waals surface area contributed by atoms with E-state index >= 15 is 0 Å². The van der Waals surface area contributed by atoms with Crippen molar-refractivity contribution in [1.29, 1.82) is 0 Å². The zero-order chi connectivity index (χ0) is 20.8. The molecule has 4 rings (SSSR count). The van der Waals surface area contributed by atoms with Crippen LogP contribution in [0.3, 0.4) is 0 Å². The fourth-order valence-electron chi connectivity index (χ4n) is 5.42. The van der Waals surface area contributed by atoms with Crippen molar-refractivity contribution in [2.24, 2.45) is 0 Å². The Hall–Kier alpha value is -1.91. The maximum absolute atomic E-state index is 5.86. The number of hydrogen-bond acceptors (Lipinski definition) is 3. The fraction of sp³-hybridized carbons (Fsp3) is 0.500. The van der Waals surface area contributed by atoms with Crippen molar-refractivity contribution in [2.45, 2.75) is 63.5 Å². The van der Waals surface area contributed by atoms with Gasteiger partial charge >= 0.3 is 0 Å². The molecule has 2 fully saturated rings. The summed E-state index contributed by atoms with van der Waals surface area (Å²) in [5.74, 6) is 0.730. The van der Waals surface area contributed by atoms with Gasteiger partial charge in [-0.2, -0.15) is 0 Å². The number of aryl methyl sites for hydroxylation is 1. The molecule has 1 aliphatic carbocycles. The summed E-state index contributed by atoms with van der Waals surface area (Å²) in [4.78, 5) is 2.69. The Kier molecular flexibility index (Phi) is 7.06. The van der Waals surface area contributed by atoms with Crippen molar-refractivity contribution in [1.82, 2.24) is 10.2 Å². The van der Waals surface area contributed by atoms with E-state index in [0.29, 0.717) is 17.3 Å². The monoisotopic (exact) mass is 422 g/mol. The number of nitrogens with zero attached hydrogens (tertiary/aromatic N) is 1. The minimum absolute atomic E-state index is 0.394. The molecule has 0 unspecified atom stereocenters. The zero-order valence-corrected chi connectivity index (χ0v) is 18.9. The van der Waals surface area contributed by atoms with E-state index in [1.165, 1.54) is 61.8 Å². The number of thiocarbonyl (C=S) groups is 1. The second kappa shape index (κ2) is 9.93. The molecule has 1 N–H and O–H groups in total. The lowest BCUT2D eigenvalue weighted by Crippen LogP contribution is -2.47. The van der Waals surface area contributed by atoms with Crippen molar-refractivity contribution < 1.29 is 4.74 Å². The minimum Gasteiger partial charge on any atom is -0.470 e. The molecule has 0 radical (unpaired) electrons. The Morgan fingerprint density at radius 2 is 1.90 bits per heavy atom. The third-order valence-electron chi connectivity index (χ3n) is 7.04. The summed E-state index contributed by atoms with van der Waals surface area (Å²) in [6, 6.07) is 19.5. The molecule has 1 saturated heterocycles. The summed E-state index contributed by atoms with van der Waals surface area (Å²) in [6.07, 6.45) is 7.87. The SMILES string of the molecule is Cc1cccc(CNC(=S)OCCN2CCCC23CCC(c2ccccc2)CC3)c1. The van der Waals surface area contributed by atoms with Gasteiger partial charge in [0.1, 0.15) is 6.61 Å². The highest BCUT2D eigenvalue weighted by Crippen LogP contribution is 2.46. The van der Waals surface area contributed by atoms with E-state index in [0.717, 1.165) is 19.0 Å². The van der Waals surface area contributed by atoms with E-state index in [1.807, 2.05) is 0 Å². The Labute approximate surface area is 186 Å². The van der Waals surface area contributed by atoms with Gasteiger partial charge in [0.05, 0.1) is 0 Å². The molecule has 2 aliphatic rings. The molecule has 0 aromatic heterocycles. The number of hydrogen-bond donors (Lipinski definition) is 1. The molecule has 4 heteroatoms. The maximum Gasteiger partial charge on any atom is 0.256 e. The molecular formula is C26H34N2OS. The first-order chi connectivity index (χ1) is 14.6. The first-order valence-corrected chi connectivity index (χ1v) is 11.8. The van der Waals surface area contributed by atoms with Gasteiger partial charge in [0.15, 0.2) is 0 Å². The predicted molar refractivity (Wildman–Crippen MR) is 128 cm³/mol. The molecule has 0 bridgehead atoms. The summed E-state index contributed by atoms with van der Waals surface area (Å²) >= 11 is 5.39. The largest absolute Gasteiger partial charge is 0.470 e. The van der Waals surface area contributed by atoms with E-state index in [4.69, 9.17) is 17.0 Å². The van der Waals surface area contributed by atoms with Gasteiger partial charge in [0.2, 0.25) is 0 Å². The fourth-order valence-corrected chi connectivity index (χ4v) is 5.57. The molecule has 1 aliphatic heterocycles. The summed E-state index contributed by atoms with van der Waals surface area (Å²) in [5.41, 5.74) is 4.41. The Bertz CT molecular complexity index is 830. The lowest BCUT2D eigenvalue weighted by molar-refractivity contribution is 0.0704. The topological polar surface area (TPSA) is 24.5 Å². The quantitative estimate of drug-likeness (QED) is 0.614. The van der Waals surface area contributed by atoms with Crippen molar-refractivity contribution in [3.8, 4) is 0 Å².